The molecule has 0 unspecified atom stereocenters. The van der Waals surface area contributed by atoms with Gasteiger partial charge in [-0.1, -0.05) is 34.1 Å². The van der Waals surface area contributed by atoms with Crippen molar-refractivity contribution in [2.24, 2.45) is 17.6 Å². The number of carboxylic acid groups (broad SMARTS) is 4. The number of carbonyl (C=O) groups is 13. The molecule has 0 aliphatic rings. The van der Waals surface area contributed by atoms with Crippen molar-refractivity contribution in [3.63, 3.8) is 0 Å². The van der Waals surface area contributed by atoms with Gasteiger partial charge in [-0.25, -0.2) is 0 Å². The summed E-state index contributed by atoms with van der Waals surface area (Å²) in [6.45, 7) is -0.190. The molecule has 0 aliphatic carbocycles. The van der Waals surface area contributed by atoms with Gasteiger partial charge >= 0.3 is 23.9 Å². The number of carboxylic acids is 4. The summed E-state index contributed by atoms with van der Waals surface area (Å²) in [4.78, 5) is 160. The summed E-state index contributed by atoms with van der Waals surface area (Å²) in [5.41, 5.74) is 4.92. The molecule has 0 rings (SSSR count). The van der Waals surface area contributed by atoms with Crippen molar-refractivity contribution in [2.75, 3.05) is 98.2 Å². The SMILES string of the molecule is CC[C@H](C)[C@H](NC(=O)CN(CCN(CCN(CC(=O)O)CC(=O)O)CC(=O)O)CC(=O)O)C(=O)NCC(=O)NCC(=O)NCC(=O)N[C@@H](CC(C)C)C(=O)NCC(=O)NCC(=O)NCC(N)=O. The molecule has 0 bridgehead atoms. The van der Waals surface area contributed by atoms with Crippen LogP contribution >= 0.6 is 0 Å². The maximum atomic E-state index is 13.2. The number of aliphatic carboxylic acids is 4. The van der Waals surface area contributed by atoms with Crippen molar-refractivity contribution in [1.82, 2.24) is 57.2 Å². The molecule has 0 radical (unpaired) electrons. The van der Waals surface area contributed by atoms with Crippen molar-refractivity contribution in [2.45, 2.75) is 52.6 Å². The molecule has 0 aromatic rings. The number of nitrogens with one attached hydrogen (secondary N) is 8. The van der Waals surface area contributed by atoms with E-state index in [1.54, 1.807) is 27.7 Å². The molecule has 0 spiro atoms. The summed E-state index contributed by atoms with van der Waals surface area (Å²) in [6, 6.07) is -2.34. The first-order chi connectivity index (χ1) is 31.3. The third kappa shape index (κ3) is 30.7. The minimum atomic E-state index is -1.34. The second kappa shape index (κ2) is 32.6. The van der Waals surface area contributed by atoms with E-state index in [1.807, 2.05) is 0 Å². The Labute approximate surface area is 385 Å². The van der Waals surface area contributed by atoms with Crippen molar-refractivity contribution in [1.29, 1.82) is 0 Å². The molecule has 9 amide bonds. The Morgan fingerprint density at radius 2 is 0.806 bits per heavy atom. The van der Waals surface area contributed by atoms with E-state index >= 15 is 0 Å². The molecule has 0 aliphatic heterocycles. The topological polar surface area (TPSA) is 435 Å². The van der Waals surface area contributed by atoms with Gasteiger partial charge in [0, 0.05) is 26.2 Å². The van der Waals surface area contributed by atoms with Crippen molar-refractivity contribution < 1.29 is 82.8 Å². The summed E-state index contributed by atoms with van der Waals surface area (Å²) in [5, 5.41) is 55.5. The largest absolute Gasteiger partial charge is 0.480 e. The van der Waals surface area contributed by atoms with E-state index < -0.39 is 167 Å². The summed E-state index contributed by atoms with van der Waals surface area (Å²) in [6.07, 6.45) is 0.508. The van der Waals surface area contributed by atoms with Crippen molar-refractivity contribution in [3.05, 3.63) is 0 Å². The van der Waals surface area contributed by atoms with E-state index in [4.69, 9.17) is 15.9 Å². The van der Waals surface area contributed by atoms with E-state index in [-0.39, 0.29) is 38.5 Å². The normalized spacial score (nSPS) is 12.2. The smallest absolute Gasteiger partial charge is 0.317 e. The lowest BCUT2D eigenvalue weighted by atomic mass is 9.98. The Morgan fingerprint density at radius 3 is 1.21 bits per heavy atom. The number of nitrogens with zero attached hydrogens (tertiary/aromatic N) is 3. The number of carbonyl (C=O) groups excluding carboxylic acids is 9. The molecule has 14 N–H and O–H groups in total. The lowest BCUT2D eigenvalue weighted by Gasteiger charge is -2.28. The number of amides is 9. The van der Waals surface area contributed by atoms with Crippen molar-refractivity contribution >= 4 is 77.0 Å². The maximum Gasteiger partial charge on any atom is 0.317 e. The van der Waals surface area contributed by atoms with E-state index in [2.05, 4.69) is 42.5 Å². The molecular formula is C38H64N12O17. The first-order valence-corrected chi connectivity index (χ1v) is 20.8. The van der Waals surface area contributed by atoms with Gasteiger partial charge in [0.15, 0.2) is 0 Å². The lowest BCUT2D eigenvalue weighted by Crippen LogP contribution is -2.54. The lowest BCUT2D eigenvalue weighted by molar-refractivity contribution is -0.143. The third-order valence-corrected chi connectivity index (χ3v) is 9.08. The van der Waals surface area contributed by atoms with Gasteiger partial charge in [0.2, 0.25) is 53.2 Å². The molecule has 378 valence electrons. The molecule has 0 aromatic heterocycles. The fourth-order valence-corrected chi connectivity index (χ4v) is 5.64. The van der Waals surface area contributed by atoms with Crippen LogP contribution in [0, 0.1) is 11.8 Å². The average molecular weight is 961 g/mol. The third-order valence-electron chi connectivity index (χ3n) is 9.08. The minimum absolute atomic E-state index is 0.102. The van der Waals surface area contributed by atoms with Crippen LogP contribution in [-0.2, 0) is 62.3 Å². The van der Waals surface area contributed by atoms with Crippen molar-refractivity contribution in [3.8, 4) is 0 Å². The van der Waals surface area contributed by atoms with E-state index in [0.29, 0.717) is 6.42 Å². The van der Waals surface area contributed by atoms with Gasteiger partial charge in [0.1, 0.15) is 12.1 Å². The molecule has 0 heterocycles. The quantitative estimate of drug-likeness (QED) is 0.0277. The van der Waals surface area contributed by atoms with Gasteiger partial charge in [-0.15, -0.1) is 0 Å². The van der Waals surface area contributed by atoms with Crippen LogP contribution in [0.2, 0.25) is 0 Å². The molecule has 0 saturated heterocycles. The highest BCUT2D eigenvalue weighted by molar-refractivity contribution is 5.94. The summed E-state index contributed by atoms with van der Waals surface area (Å²) in [5.74, 6) is -12.9. The summed E-state index contributed by atoms with van der Waals surface area (Å²) in [7, 11) is 0. The number of hydrogen-bond donors (Lipinski definition) is 13. The first-order valence-electron chi connectivity index (χ1n) is 20.8. The van der Waals surface area contributed by atoms with E-state index in [1.165, 1.54) is 4.90 Å². The molecule has 0 fully saturated rings. The number of hydrogen-bond acceptors (Lipinski definition) is 16. The standard InChI is InChI=1S/C38H64N12O17/c1-5-23(4)36(47-31(57)17-49(19-33(60)61)8-6-48(18-32(58)59)7-9-50(20-34(62)63)21-35(64)65)38(67)45-15-29(55)42-13-27(53)43-16-30(56)46-24(10-22(2)3)37(66)44-14-28(54)41-12-26(52)40-11-25(39)51/h22-24,36H,5-21H2,1-4H3,(H2,39,51)(H,40,52)(H,41,54)(H,42,55)(H,43,53)(H,44,66)(H,45,67)(H,46,56)(H,47,57)(H,58,59)(H,60,61)(H,62,63)(H,64,65)/t23-,24-,36-/m0/s1. The average Bonchev–Trinajstić information content (AvgIpc) is 3.22. The first kappa shape index (κ1) is 60.0. The molecule has 0 aromatic carbocycles. The number of nitrogens with two attached hydrogens (primary N) is 1. The van der Waals surface area contributed by atoms with E-state index in [9.17, 15) is 72.5 Å². The van der Waals surface area contributed by atoms with Crippen LogP contribution in [0.5, 0.6) is 0 Å². The summed E-state index contributed by atoms with van der Waals surface area (Å²) >= 11 is 0. The zero-order chi connectivity index (χ0) is 51.2. The summed E-state index contributed by atoms with van der Waals surface area (Å²) < 4.78 is 0. The Bertz CT molecular complexity index is 1750. The van der Waals surface area contributed by atoms with E-state index in [0.717, 1.165) is 9.80 Å². The fourth-order valence-electron chi connectivity index (χ4n) is 5.64. The molecule has 67 heavy (non-hydrogen) atoms. The van der Waals surface area contributed by atoms with Crippen LogP contribution in [0.3, 0.4) is 0 Å². The van der Waals surface area contributed by atoms with Gasteiger partial charge in [-0.3, -0.25) is 77.0 Å². The zero-order valence-electron chi connectivity index (χ0n) is 37.8. The Kier molecular flexibility index (Phi) is 29.2. The Hall–Kier alpha value is -7.01. The van der Waals surface area contributed by atoms with Gasteiger partial charge in [0.25, 0.3) is 0 Å². The van der Waals surface area contributed by atoms with Crippen LogP contribution < -0.4 is 48.3 Å². The molecule has 0 saturated carbocycles. The van der Waals surface area contributed by atoms with Gasteiger partial charge < -0.3 is 68.7 Å². The molecule has 29 heteroatoms. The fraction of sp³-hybridized carbons (Fsp3) is 0.658. The highest BCUT2D eigenvalue weighted by atomic mass is 16.4. The van der Waals surface area contributed by atoms with Crippen LogP contribution in [0.1, 0.15) is 40.5 Å². The monoisotopic (exact) mass is 960 g/mol. The minimum Gasteiger partial charge on any atom is -0.480 e. The Morgan fingerprint density at radius 1 is 0.448 bits per heavy atom. The molecular weight excluding hydrogens is 896 g/mol. The van der Waals surface area contributed by atoms with Crippen LogP contribution in [0.4, 0.5) is 0 Å². The predicted octanol–water partition coefficient (Wildman–Crippen LogP) is -7.52. The second-order valence-corrected chi connectivity index (χ2v) is 15.5. The van der Waals surface area contributed by atoms with Gasteiger partial charge in [-0.2, -0.15) is 0 Å². The highest BCUT2D eigenvalue weighted by Crippen LogP contribution is 2.09. The molecule has 3 atom stereocenters. The van der Waals surface area contributed by atoms with Gasteiger partial charge in [-0.05, 0) is 18.3 Å². The van der Waals surface area contributed by atoms with Crippen LogP contribution in [0.25, 0.3) is 0 Å². The van der Waals surface area contributed by atoms with Crippen LogP contribution in [-0.4, -0.2) is 222 Å². The molecule has 29 nitrogen and oxygen atoms in total. The Balaban J connectivity index is 5.20. The number of rotatable bonds is 36. The van der Waals surface area contributed by atoms with Gasteiger partial charge in [0.05, 0.1) is 72.0 Å². The second-order valence-electron chi connectivity index (χ2n) is 15.5. The number of primary amides is 1. The maximum absolute atomic E-state index is 13.2. The predicted molar refractivity (Wildman–Crippen MR) is 230 cm³/mol. The highest BCUT2D eigenvalue weighted by Gasteiger charge is 2.28. The van der Waals surface area contributed by atoms with Crippen LogP contribution in [0.15, 0.2) is 0 Å². The zero-order valence-corrected chi connectivity index (χ0v) is 37.8.